The van der Waals surface area contributed by atoms with Crippen LogP contribution < -0.4 is 0 Å². The Kier molecular flexibility index (Phi) is 3.91. The van der Waals surface area contributed by atoms with Crippen molar-refractivity contribution in [1.82, 2.24) is 4.98 Å². The molecular weight excluding hydrogens is 275 g/mol. The monoisotopic (exact) mass is 287 g/mol. The summed E-state index contributed by atoms with van der Waals surface area (Å²) in [5.41, 5.74) is 0.785. The van der Waals surface area contributed by atoms with E-state index in [1.54, 1.807) is 0 Å². The third-order valence-corrected chi connectivity index (χ3v) is 3.76. The summed E-state index contributed by atoms with van der Waals surface area (Å²) in [6.45, 7) is 1.90. The lowest BCUT2D eigenvalue weighted by Gasteiger charge is -2.06. The number of hydrogen-bond acceptors (Lipinski definition) is 3. The number of aryl methyl sites for hydroxylation is 1. The molecule has 0 spiro atoms. The Bertz CT molecular complexity index is 560. The number of benzene rings is 1. The molecule has 0 aliphatic rings. The maximum atomic E-state index is 12.4. The van der Waals surface area contributed by atoms with Crippen molar-refractivity contribution in [1.29, 1.82) is 0 Å². The van der Waals surface area contributed by atoms with Crippen molar-refractivity contribution in [2.24, 2.45) is 0 Å². The lowest BCUT2D eigenvalue weighted by Crippen LogP contribution is -2.03. The molecule has 0 saturated carbocycles. The Balaban J connectivity index is 2.30. The van der Waals surface area contributed by atoms with Crippen LogP contribution in [0.5, 0.6) is 0 Å². The van der Waals surface area contributed by atoms with Crippen LogP contribution in [0.4, 0.5) is 13.2 Å². The standard InChI is InChI=1S/C13H12F3NOS/c1-8-11(6-7-18)17-12(19-8)9-2-4-10(5-3-9)13(14,15)16/h2-5,18H,6-7H2,1H3. The molecule has 6 heteroatoms. The maximum absolute atomic E-state index is 12.4. The number of nitrogens with zero attached hydrogens (tertiary/aromatic N) is 1. The van der Waals surface area contributed by atoms with Gasteiger partial charge in [0.15, 0.2) is 0 Å². The van der Waals surface area contributed by atoms with Gasteiger partial charge in [-0.3, -0.25) is 0 Å². The van der Waals surface area contributed by atoms with Gasteiger partial charge in [0.05, 0.1) is 11.3 Å². The zero-order chi connectivity index (χ0) is 14.0. The molecule has 102 valence electrons. The molecule has 0 aliphatic heterocycles. The van der Waals surface area contributed by atoms with E-state index in [2.05, 4.69) is 4.98 Å². The smallest absolute Gasteiger partial charge is 0.396 e. The normalized spacial score (nSPS) is 11.8. The molecule has 0 radical (unpaired) electrons. The summed E-state index contributed by atoms with van der Waals surface area (Å²) in [7, 11) is 0. The van der Waals surface area contributed by atoms with E-state index in [-0.39, 0.29) is 6.61 Å². The first-order valence-corrected chi connectivity index (χ1v) is 6.48. The third kappa shape index (κ3) is 3.13. The SMILES string of the molecule is Cc1sc(-c2ccc(C(F)(F)F)cc2)nc1CCO. The fraction of sp³-hybridized carbons (Fsp3) is 0.308. The highest BCUT2D eigenvalue weighted by molar-refractivity contribution is 7.15. The van der Waals surface area contributed by atoms with E-state index in [1.807, 2.05) is 6.92 Å². The highest BCUT2D eigenvalue weighted by Gasteiger charge is 2.30. The van der Waals surface area contributed by atoms with Crippen LogP contribution in [0.1, 0.15) is 16.1 Å². The average Bonchev–Trinajstić information content (AvgIpc) is 2.71. The molecule has 19 heavy (non-hydrogen) atoms. The van der Waals surface area contributed by atoms with E-state index in [4.69, 9.17) is 5.11 Å². The summed E-state index contributed by atoms with van der Waals surface area (Å²) in [6.07, 6.45) is -3.86. The van der Waals surface area contributed by atoms with Crippen LogP contribution in [0.25, 0.3) is 10.6 Å². The first-order valence-electron chi connectivity index (χ1n) is 5.66. The van der Waals surface area contributed by atoms with Crippen LogP contribution in [0.15, 0.2) is 24.3 Å². The van der Waals surface area contributed by atoms with E-state index in [9.17, 15) is 13.2 Å². The zero-order valence-corrected chi connectivity index (χ0v) is 11.0. The minimum Gasteiger partial charge on any atom is -0.396 e. The van der Waals surface area contributed by atoms with Gasteiger partial charge in [0, 0.05) is 23.5 Å². The quantitative estimate of drug-likeness (QED) is 0.934. The van der Waals surface area contributed by atoms with E-state index in [0.29, 0.717) is 17.0 Å². The van der Waals surface area contributed by atoms with E-state index < -0.39 is 11.7 Å². The second kappa shape index (κ2) is 5.30. The van der Waals surface area contributed by atoms with Gasteiger partial charge in [-0.25, -0.2) is 4.98 Å². The lowest BCUT2D eigenvalue weighted by atomic mass is 10.1. The van der Waals surface area contributed by atoms with Gasteiger partial charge >= 0.3 is 6.18 Å². The predicted molar refractivity (Wildman–Crippen MR) is 68.1 cm³/mol. The molecule has 1 N–H and O–H groups in total. The first-order chi connectivity index (χ1) is 8.91. The van der Waals surface area contributed by atoms with Crippen molar-refractivity contribution in [3.05, 3.63) is 40.4 Å². The minimum absolute atomic E-state index is 0.0109. The van der Waals surface area contributed by atoms with Gasteiger partial charge in [-0.15, -0.1) is 11.3 Å². The summed E-state index contributed by atoms with van der Waals surface area (Å²) in [6, 6.07) is 4.95. The number of aliphatic hydroxyl groups excluding tert-OH is 1. The van der Waals surface area contributed by atoms with Crippen LogP contribution in [0.3, 0.4) is 0 Å². The van der Waals surface area contributed by atoms with Crippen molar-refractivity contribution in [2.75, 3.05) is 6.61 Å². The fourth-order valence-corrected chi connectivity index (χ4v) is 2.66. The highest BCUT2D eigenvalue weighted by Crippen LogP contribution is 2.32. The molecule has 2 nitrogen and oxygen atoms in total. The average molecular weight is 287 g/mol. The first kappa shape index (κ1) is 14.0. The van der Waals surface area contributed by atoms with Gasteiger partial charge in [-0.1, -0.05) is 12.1 Å². The van der Waals surface area contributed by atoms with Gasteiger partial charge in [-0.05, 0) is 19.1 Å². The highest BCUT2D eigenvalue weighted by atomic mass is 32.1. The van der Waals surface area contributed by atoms with Crippen LogP contribution in [-0.4, -0.2) is 16.7 Å². The van der Waals surface area contributed by atoms with Crippen LogP contribution in [0.2, 0.25) is 0 Å². The molecule has 0 atom stereocenters. The Morgan fingerprint density at radius 2 is 1.84 bits per heavy atom. The Hall–Kier alpha value is -1.40. The number of aliphatic hydroxyl groups is 1. The van der Waals surface area contributed by atoms with E-state index >= 15 is 0 Å². The topological polar surface area (TPSA) is 33.1 Å². The molecule has 0 fully saturated rings. The van der Waals surface area contributed by atoms with Crippen molar-refractivity contribution >= 4 is 11.3 Å². The molecular formula is C13H12F3NOS. The number of rotatable bonds is 3. The van der Waals surface area contributed by atoms with E-state index in [0.717, 1.165) is 22.7 Å². The maximum Gasteiger partial charge on any atom is 0.416 e. The van der Waals surface area contributed by atoms with Crippen molar-refractivity contribution in [3.63, 3.8) is 0 Å². The van der Waals surface area contributed by atoms with Crippen molar-refractivity contribution in [2.45, 2.75) is 19.5 Å². The Labute approximate surface area is 112 Å². The summed E-state index contributed by atoms with van der Waals surface area (Å²) in [5, 5.41) is 9.57. The van der Waals surface area contributed by atoms with Crippen LogP contribution in [-0.2, 0) is 12.6 Å². The summed E-state index contributed by atoms with van der Waals surface area (Å²) < 4.78 is 37.3. The number of halogens is 3. The summed E-state index contributed by atoms with van der Waals surface area (Å²) in [4.78, 5) is 5.31. The van der Waals surface area contributed by atoms with Gasteiger partial charge in [-0.2, -0.15) is 13.2 Å². The molecule has 1 aromatic heterocycles. The predicted octanol–water partition coefficient (Wildman–Crippen LogP) is 3.67. The lowest BCUT2D eigenvalue weighted by molar-refractivity contribution is -0.137. The number of aromatic nitrogens is 1. The summed E-state index contributed by atoms with van der Waals surface area (Å²) >= 11 is 1.42. The molecule has 0 saturated heterocycles. The molecule has 0 aliphatic carbocycles. The summed E-state index contributed by atoms with van der Waals surface area (Å²) in [5.74, 6) is 0. The van der Waals surface area contributed by atoms with Crippen molar-refractivity contribution in [3.8, 4) is 10.6 Å². The molecule has 0 amide bonds. The van der Waals surface area contributed by atoms with Gasteiger partial charge < -0.3 is 5.11 Å². The Morgan fingerprint density at radius 3 is 2.37 bits per heavy atom. The van der Waals surface area contributed by atoms with E-state index in [1.165, 1.54) is 23.5 Å². The third-order valence-electron chi connectivity index (χ3n) is 2.70. The van der Waals surface area contributed by atoms with Crippen molar-refractivity contribution < 1.29 is 18.3 Å². The second-order valence-corrected chi connectivity index (χ2v) is 5.27. The van der Waals surface area contributed by atoms with Gasteiger partial charge in [0.1, 0.15) is 5.01 Å². The molecule has 2 rings (SSSR count). The second-order valence-electron chi connectivity index (χ2n) is 4.07. The molecule has 1 heterocycles. The molecule has 2 aromatic rings. The largest absolute Gasteiger partial charge is 0.416 e. The Morgan fingerprint density at radius 1 is 1.21 bits per heavy atom. The number of hydrogen-bond donors (Lipinski definition) is 1. The molecule has 0 bridgehead atoms. The minimum atomic E-state index is -4.32. The van der Waals surface area contributed by atoms with Gasteiger partial charge in [0.25, 0.3) is 0 Å². The van der Waals surface area contributed by atoms with Crippen LogP contribution >= 0.6 is 11.3 Å². The van der Waals surface area contributed by atoms with Crippen LogP contribution in [0, 0.1) is 6.92 Å². The number of alkyl halides is 3. The fourth-order valence-electron chi connectivity index (χ4n) is 1.69. The van der Waals surface area contributed by atoms with Gasteiger partial charge in [0.2, 0.25) is 0 Å². The zero-order valence-electron chi connectivity index (χ0n) is 10.2. The number of thiazole rings is 1. The molecule has 1 aromatic carbocycles. The molecule has 0 unspecified atom stereocenters.